The van der Waals surface area contributed by atoms with Crippen molar-refractivity contribution in [3.8, 4) is 0 Å². The van der Waals surface area contributed by atoms with E-state index in [9.17, 15) is 14.0 Å². The van der Waals surface area contributed by atoms with E-state index in [1.54, 1.807) is 23.1 Å². The lowest BCUT2D eigenvalue weighted by Crippen LogP contribution is -2.52. The van der Waals surface area contributed by atoms with Gasteiger partial charge in [0, 0.05) is 12.6 Å². The lowest BCUT2D eigenvalue weighted by molar-refractivity contribution is -0.141. The summed E-state index contributed by atoms with van der Waals surface area (Å²) in [5.74, 6) is -0.740. The van der Waals surface area contributed by atoms with Crippen LogP contribution < -0.4 is 5.32 Å². The first kappa shape index (κ1) is 23.0. The van der Waals surface area contributed by atoms with Gasteiger partial charge in [-0.15, -0.1) is 0 Å². The maximum Gasteiger partial charge on any atom is 0.243 e. The fourth-order valence-corrected chi connectivity index (χ4v) is 4.34. The lowest BCUT2D eigenvalue weighted by atomic mass is 9.95. The molecule has 0 heterocycles. The van der Waals surface area contributed by atoms with Gasteiger partial charge < -0.3 is 10.2 Å². The minimum absolute atomic E-state index is 0.0637. The topological polar surface area (TPSA) is 49.4 Å². The van der Waals surface area contributed by atoms with Crippen LogP contribution in [0.2, 0.25) is 0 Å². The molecule has 5 heteroatoms. The number of aryl methyl sites for hydroxylation is 1. The molecule has 4 nitrogen and oxygen atoms in total. The molecule has 2 aromatic rings. The molecule has 1 saturated carbocycles. The van der Waals surface area contributed by atoms with Gasteiger partial charge in [0.25, 0.3) is 0 Å². The zero-order chi connectivity index (χ0) is 22.2. The van der Waals surface area contributed by atoms with Gasteiger partial charge in [0.05, 0.1) is 6.42 Å². The first-order valence-electron chi connectivity index (χ1n) is 11.4. The Morgan fingerprint density at radius 1 is 1.03 bits per heavy atom. The molecule has 0 spiro atoms. The van der Waals surface area contributed by atoms with Crippen molar-refractivity contribution in [1.29, 1.82) is 0 Å². The molecule has 1 fully saturated rings. The van der Waals surface area contributed by atoms with Crippen LogP contribution in [0.25, 0.3) is 0 Å². The van der Waals surface area contributed by atoms with Crippen molar-refractivity contribution in [2.24, 2.45) is 0 Å². The number of carbonyl (C=O) groups excluding carboxylic acids is 2. The second-order valence-corrected chi connectivity index (χ2v) is 8.48. The Kier molecular flexibility index (Phi) is 8.21. The van der Waals surface area contributed by atoms with Gasteiger partial charge in [0.1, 0.15) is 11.9 Å². The normalized spacial score (nSPS) is 15.3. The van der Waals surface area contributed by atoms with Gasteiger partial charge in [-0.3, -0.25) is 9.59 Å². The van der Waals surface area contributed by atoms with Gasteiger partial charge in [-0.05, 0) is 48.9 Å². The Hall–Kier alpha value is -2.69. The number of nitrogens with zero attached hydrogens (tertiary/aromatic N) is 1. The molecule has 0 unspecified atom stereocenters. The zero-order valence-corrected chi connectivity index (χ0v) is 18.6. The summed E-state index contributed by atoms with van der Waals surface area (Å²) in [4.78, 5) is 28.2. The summed E-state index contributed by atoms with van der Waals surface area (Å²) in [6, 6.07) is 13.8. The van der Waals surface area contributed by atoms with Gasteiger partial charge in [-0.25, -0.2) is 4.39 Å². The standard InChI is InChI=1S/C26H33FN2O2/c1-3-24(26(31)28-22-14-5-4-6-15-22)29(18-21-13-8-7-11-19(21)2)25(30)17-20-12-9-10-16-23(20)27/h7-13,16,22,24H,3-6,14-15,17-18H2,1-2H3,(H,28,31)/t24-/m0/s1. The summed E-state index contributed by atoms with van der Waals surface area (Å²) in [5, 5.41) is 3.17. The van der Waals surface area contributed by atoms with Crippen molar-refractivity contribution in [3.05, 3.63) is 71.0 Å². The van der Waals surface area contributed by atoms with Gasteiger partial charge in [-0.2, -0.15) is 0 Å². The molecule has 1 aliphatic carbocycles. The maximum absolute atomic E-state index is 14.2. The summed E-state index contributed by atoms with van der Waals surface area (Å²) in [7, 11) is 0. The molecule has 1 N–H and O–H groups in total. The van der Waals surface area contributed by atoms with Crippen LogP contribution in [-0.4, -0.2) is 28.8 Å². The molecule has 0 aromatic heterocycles. The Bertz CT molecular complexity index is 892. The van der Waals surface area contributed by atoms with Crippen molar-refractivity contribution < 1.29 is 14.0 Å². The summed E-state index contributed by atoms with van der Waals surface area (Å²) in [6.45, 7) is 4.25. The Balaban J connectivity index is 1.83. The predicted octanol–water partition coefficient (Wildman–Crippen LogP) is 4.93. The molecule has 1 atom stereocenters. The average Bonchev–Trinajstić information content (AvgIpc) is 2.77. The second kappa shape index (κ2) is 11.1. The van der Waals surface area contributed by atoms with Crippen LogP contribution in [0.15, 0.2) is 48.5 Å². The van der Waals surface area contributed by atoms with Crippen molar-refractivity contribution in [3.63, 3.8) is 0 Å². The van der Waals surface area contributed by atoms with Crippen LogP contribution in [0.5, 0.6) is 0 Å². The highest BCUT2D eigenvalue weighted by Crippen LogP contribution is 2.20. The van der Waals surface area contributed by atoms with Crippen LogP contribution in [0.3, 0.4) is 0 Å². The lowest BCUT2D eigenvalue weighted by Gasteiger charge is -2.33. The second-order valence-electron chi connectivity index (χ2n) is 8.48. The van der Waals surface area contributed by atoms with Gasteiger partial charge in [-0.1, -0.05) is 68.7 Å². The maximum atomic E-state index is 14.2. The highest BCUT2D eigenvalue weighted by atomic mass is 19.1. The smallest absolute Gasteiger partial charge is 0.243 e. The fraction of sp³-hybridized carbons (Fsp3) is 0.462. The molecule has 166 valence electrons. The number of benzene rings is 2. The highest BCUT2D eigenvalue weighted by molar-refractivity contribution is 5.88. The molecule has 31 heavy (non-hydrogen) atoms. The third-order valence-corrected chi connectivity index (χ3v) is 6.24. The van der Waals surface area contributed by atoms with Crippen LogP contribution in [0, 0.1) is 12.7 Å². The van der Waals surface area contributed by atoms with Crippen molar-refractivity contribution in [1.82, 2.24) is 10.2 Å². The van der Waals surface area contributed by atoms with Crippen molar-refractivity contribution >= 4 is 11.8 Å². The Labute approximate surface area is 184 Å². The van der Waals surface area contributed by atoms with Gasteiger partial charge in [0.15, 0.2) is 0 Å². The van der Waals surface area contributed by atoms with Crippen LogP contribution in [0.1, 0.15) is 62.1 Å². The van der Waals surface area contributed by atoms with E-state index < -0.39 is 11.9 Å². The number of amides is 2. The summed E-state index contributed by atoms with van der Waals surface area (Å²) < 4.78 is 14.2. The highest BCUT2D eigenvalue weighted by Gasteiger charge is 2.30. The van der Waals surface area contributed by atoms with Crippen molar-refractivity contribution in [2.75, 3.05) is 0 Å². The van der Waals surface area contributed by atoms with E-state index in [1.165, 1.54) is 12.5 Å². The molecule has 3 rings (SSSR count). The molecular weight excluding hydrogens is 391 g/mol. The first-order valence-corrected chi connectivity index (χ1v) is 11.4. The van der Waals surface area contributed by atoms with E-state index in [-0.39, 0.29) is 24.3 Å². The third-order valence-electron chi connectivity index (χ3n) is 6.24. The largest absolute Gasteiger partial charge is 0.352 e. The van der Waals surface area contributed by atoms with Gasteiger partial charge in [0.2, 0.25) is 11.8 Å². The molecular formula is C26H33FN2O2. The number of hydrogen-bond donors (Lipinski definition) is 1. The Morgan fingerprint density at radius 3 is 2.32 bits per heavy atom. The number of nitrogens with one attached hydrogen (secondary N) is 1. The van der Waals surface area contributed by atoms with Crippen LogP contribution >= 0.6 is 0 Å². The van der Waals surface area contributed by atoms with Crippen LogP contribution in [-0.2, 0) is 22.6 Å². The molecule has 0 radical (unpaired) electrons. The zero-order valence-electron chi connectivity index (χ0n) is 18.6. The SMILES string of the molecule is CC[C@@H](C(=O)NC1CCCCC1)N(Cc1ccccc1C)C(=O)Cc1ccccc1F. The number of carbonyl (C=O) groups is 2. The summed E-state index contributed by atoms with van der Waals surface area (Å²) in [5.41, 5.74) is 2.41. The monoisotopic (exact) mass is 424 g/mol. The van der Waals surface area contributed by atoms with E-state index in [0.29, 0.717) is 18.5 Å². The average molecular weight is 425 g/mol. The number of hydrogen-bond acceptors (Lipinski definition) is 2. The fourth-order valence-electron chi connectivity index (χ4n) is 4.34. The number of halogens is 1. The molecule has 2 amide bonds. The molecule has 2 aromatic carbocycles. The predicted molar refractivity (Wildman–Crippen MR) is 121 cm³/mol. The van der Waals surface area contributed by atoms with E-state index in [2.05, 4.69) is 5.32 Å². The molecule has 0 aliphatic heterocycles. The van der Waals surface area contributed by atoms with Crippen molar-refractivity contribution in [2.45, 2.75) is 77.4 Å². The first-order chi connectivity index (χ1) is 15.0. The van der Waals surface area contributed by atoms with E-state index in [1.807, 2.05) is 38.1 Å². The third kappa shape index (κ3) is 6.16. The molecule has 1 aliphatic rings. The minimum Gasteiger partial charge on any atom is -0.352 e. The number of rotatable bonds is 8. The van der Waals surface area contributed by atoms with E-state index in [0.717, 1.165) is 36.8 Å². The van der Waals surface area contributed by atoms with Gasteiger partial charge >= 0.3 is 0 Å². The Morgan fingerprint density at radius 2 is 1.68 bits per heavy atom. The molecule has 0 bridgehead atoms. The summed E-state index contributed by atoms with van der Waals surface area (Å²) >= 11 is 0. The molecule has 0 saturated heterocycles. The summed E-state index contributed by atoms with van der Waals surface area (Å²) in [6.07, 6.45) is 5.89. The van der Waals surface area contributed by atoms with E-state index in [4.69, 9.17) is 0 Å². The van der Waals surface area contributed by atoms with E-state index >= 15 is 0 Å². The quantitative estimate of drug-likeness (QED) is 0.653. The minimum atomic E-state index is -0.583. The van der Waals surface area contributed by atoms with Crippen LogP contribution in [0.4, 0.5) is 4.39 Å².